The molecule has 1 saturated carbocycles. The number of anilines is 1. The predicted octanol–water partition coefficient (Wildman–Crippen LogP) is 4.26. The van der Waals surface area contributed by atoms with Gasteiger partial charge in [-0.25, -0.2) is 0 Å². The molecule has 0 heterocycles. The highest BCUT2D eigenvalue weighted by molar-refractivity contribution is 6.09. The number of amides is 2. The maximum absolute atomic E-state index is 13.3. The van der Waals surface area contributed by atoms with Crippen LogP contribution in [0.25, 0.3) is 0 Å². The Labute approximate surface area is 226 Å². The third kappa shape index (κ3) is 7.36. The van der Waals surface area contributed by atoms with Gasteiger partial charge >= 0.3 is 0 Å². The number of rotatable bonds is 10. The van der Waals surface area contributed by atoms with Gasteiger partial charge in [0.05, 0.1) is 4.92 Å². The van der Waals surface area contributed by atoms with Crippen LogP contribution in [0.2, 0.25) is 0 Å². The molecule has 202 valence electrons. The third-order valence-corrected chi connectivity index (χ3v) is 7.22. The molecule has 1 aliphatic rings. The average molecular weight is 529 g/mol. The molecular weight excluding hydrogens is 496 g/mol. The van der Waals surface area contributed by atoms with Gasteiger partial charge in [0, 0.05) is 41.3 Å². The standard InChI is InChI=1S/C30H32N4O5/c31-19-21-6-10-24(11-7-21)29(36)33-27(18-20-8-16-26(17-9-20)34(38)39)30(37)32-25-14-12-23(13-15-25)28(35)22-4-2-1-3-5-22/h1-5,8-9,12-17,21,24,27H,6-7,10-11,18-19,31H2,(H,32,37)(H,33,36). The van der Waals surface area contributed by atoms with Crippen LogP contribution in [0.4, 0.5) is 11.4 Å². The molecule has 3 aromatic carbocycles. The van der Waals surface area contributed by atoms with Gasteiger partial charge in [-0.1, -0.05) is 42.5 Å². The fraction of sp³-hybridized carbons (Fsp3) is 0.300. The van der Waals surface area contributed by atoms with Crippen LogP contribution in [0, 0.1) is 22.0 Å². The lowest BCUT2D eigenvalue weighted by molar-refractivity contribution is -0.384. The molecule has 1 unspecified atom stereocenters. The van der Waals surface area contributed by atoms with Crippen molar-refractivity contribution >= 4 is 29.0 Å². The van der Waals surface area contributed by atoms with Crippen LogP contribution in [-0.2, 0) is 16.0 Å². The van der Waals surface area contributed by atoms with Gasteiger partial charge in [0.25, 0.3) is 5.69 Å². The van der Waals surface area contributed by atoms with Crippen molar-refractivity contribution in [1.29, 1.82) is 0 Å². The Morgan fingerprint density at radius 1 is 0.872 bits per heavy atom. The molecular formula is C30H32N4O5. The lowest BCUT2D eigenvalue weighted by Crippen LogP contribution is -2.48. The van der Waals surface area contributed by atoms with E-state index in [1.165, 1.54) is 12.1 Å². The van der Waals surface area contributed by atoms with E-state index in [9.17, 15) is 24.5 Å². The van der Waals surface area contributed by atoms with E-state index in [-0.39, 0.29) is 29.7 Å². The monoisotopic (exact) mass is 528 g/mol. The minimum absolute atomic E-state index is 0.0504. The first kappa shape index (κ1) is 27.7. The highest BCUT2D eigenvalue weighted by Gasteiger charge is 2.29. The number of nitro benzene ring substituents is 1. The van der Waals surface area contributed by atoms with Crippen LogP contribution >= 0.6 is 0 Å². The van der Waals surface area contributed by atoms with Crippen molar-refractivity contribution in [2.45, 2.75) is 38.1 Å². The highest BCUT2D eigenvalue weighted by Crippen LogP contribution is 2.28. The molecule has 4 N–H and O–H groups in total. The molecule has 3 aromatic rings. The largest absolute Gasteiger partial charge is 0.344 e. The molecule has 0 bridgehead atoms. The first-order valence-corrected chi connectivity index (χ1v) is 13.1. The lowest BCUT2D eigenvalue weighted by atomic mass is 9.81. The van der Waals surface area contributed by atoms with Crippen LogP contribution in [0.3, 0.4) is 0 Å². The summed E-state index contributed by atoms with van der Waals surface area (Å²) in [4.78, 5) is 49.6. The van der Waals surface area contributed by atoms with Crippen molar-refractivity contribution < 1.29 is 19.3 Å². The summed E-state index contributed by atoms with van der Waals surface area (Å²) in [6, 6.07) is 20.5. The summed E-state index contributed by atoms with van der Waals surface area (Å²) < 4.78 is 0. The number of hydrogen-bond acceptors (Lipinski definition) is 6. The minimum Gasteiger partial charge on any atom is -0.344 e. The topological polar surface area (TPSA) is 144 Å². The van der Waals surface area contributed by atoms with Gasteiger partial charge < -0.3 is 16.4 Å². The Hall–Kier alpha value is -4.37. The second kappa shape index (κ2) is 12.9. The fourth-order valence-corrected chi connectivity index (χ4v) is 4.84. The fourth-order valence-electron chi connectivity index (χ4n) is 4.84. The van der Waals surface area contributed by atoms with Gasteiger partial charge in [-0.3, -0.25) is 24.5 Å². The number of nitro groups is 1. The van der Waals surface area contributed by atoms with E-state index >= 15 is 0 Å². The van der Waals surface area contributed by atoms with E-state index in [0.29, 0.717) is 34.8 Å². The zero-order valence-electron chi connectivity index (χ0n) is 21.5. The number of nitrogens with one attached hydrogen (secondary N) is 2. The summed E-state index contributed by atoms with van der Waals surface area (Å²) in [6.07, 6.45) is 3.36. The van der Waals surface area contributed by atoms with Crippen LogP contribution < -0.4 is 16.4 Å². The van der Waals surface area contributed by atoms with Crippen LogP contribution in [0.15, 0.2) is 78.9 Å². The van der Waals surface area contributed by atoms with Crippen LogP contribution in [0.1, 0.15) is 47.2 Å². The minimum atomic E-state index is -0.892. The van der Waals surface area contributed by atoms with Gasteiger partial charge in [-0.05, 0) is 68.0 Å². The smallest absolute Gasteiger partial charge is 0.269 e. The van der Waals surface area contributed by atoms with Gasteiger partial charge in [-0.15, -0.1) is 0 Å². The van der Waals surface area contributed by atoms with Crippen LogP contribution in [-0.4, -0.2) is 35.1 Å². The molecule has 0 spiro atoms. The number of benzene rings is 3. The molecule has 0 aliphatic heterocycles. The number of ketones is 1. The predicted molar refractivity (Wildman–Crippen MR) is 148 cm³/mol. The molecule has 1 aliphatic carbocycles. The number of hydrogen-bond donors (Lipinski definition) is 3. The number of nitrogens with two attached hydrogens (primary N) is 1. The Kier molecular flexibility index (Phi) is 9.17. The van der Waals surface area contributed by atoms with E-state index in [1.54, 1.807) is 60.7 Å². The van der Waals surface area contributed by atoms with Crippen molar-refractivity contribution in [3.05, 3.63) is 106 Å². The summed E-state index contributed by atoms with van der Waals surface area (Å²) >= 11 is 0. The van der Waals surface area contributed by atoms with Gasteiger partial charge in [0.2, 0.25) is 11.8 Å². The third-order valence-electron chi connectivity index (χ3n) is 7.22. The van der Waals surface area contributed by atoms with Crippen molar-refractivity contribution in [2.24, 2.45) is 17.6 Å². The summed E-state index contributed by atoms with van der Waals surface area (Å²) in [5.41, 5.74) is 7.94. The summed E-state index contributed by atoms with van der Waals surface area (Å²) in [5.74, 6) is -0.495. The van der Waals surface area contributed by atoms with E-state index < -0.39 is 16.9 Å². The molecule has 9 nitrogen and oxygen atoms in total. The Bertz CT molecular complexity index is 1300. The van der Waals surface area contributed by atoms with E-state index in [1.807, 2.05) is 6.07 Å². The zero-order chi connectivity index (χ0) is 27.8. The van der Waals surface area contributed by atoms with Gasteiger partial charge in [0.15, 0.2) is 5.78 Å². The number of non-ortho nitro benzene ring substituents is 1. The van der Waals surface area contributed by atoms with Gasteiger partial charge in [0.1, 0.15) is 6.04 Å². The first-order valence-electron chi connectivity index (χ1n) is 13.1. The second-order valence-corrected chi connectivity index (χ2v) is 9.90. The molecule has 0 radical (unpaired) electrons. The number of carbonyl (C=O) groups excluding carboxylic acids is 3. The van der Waals surface area contributed by atoms with Crippen molar-refractivity contribution in [3.8, 4) is 0 Å². The number of carbonyl (C=O) groups is 3. The normalized spacial score (nSPS) is 17.6. The van der Waals surface area contributed by atoms with E-state index in [0.717, 1.165) is 25.7 Å². The van der Waals surface area contributed by atoms with E-state index in [2.05, 4.69) is 10.6 Å². The molecule has 2 amide bonds. The first-order chi connectivity index (χ1) is 18.8. The number of nitrogens with zero attached hydrogens (tertiary/aromatic N) is 1. The summed E-state index contributed by atoms with van der Waals surface area (Å²) in [5, 5.41) is 16.8. The molecule has 0 aromatic heterocycles. The Morgan fingerprint density at radius 2 is 1.49 bits per heavy atom. The second-order valence-electron chi connectivity index (χ2n) is 9.90. The summed E-state index contributed by atoms with van der Waals surface area (Å²) in [6.45, 7) is 0.606. The lowest BCUT2D eigenvalue weighted by Gasteiger charge is -2.28. The van der Waals surface area contributed by atoms with Crippen molar-refractivity contribution in [3.63, 3.8) is 0 Å². The summed E-state index contributed by atoms with van der Waals surface area (Å²) in [7, 11) is 0. The quantitative estimate of drug-likeness (QED) is 0.204. The SMILES string of the molecule is NCC1CCC(C(=O)NC(Cc2ccc([N+](=O)[O-])cc2)C(=O)Nc2ccc(C(=O)c3ccccc3)cc2)CC1. The van der Waals surface area contributed by atoms with Gasteiger partial charge in [-0.2, -0.15) is 0 Å². The highest BCUT2D eigenvalue weighted by atomic mass is 16.6. The zero-order valence-corrected chi connectivity index (χ0v) is 21.5. The van der Waals surface area contributed by atoms with E-state index in [4.69, 9.17) is 5.73 Å². The molecule has 39 heavy (non-hydrogen) atoms. The molecule has 0 saturated heterocycles. The average Bonchev–Trinajstić information content (AvgIpc) is 2.97. The maximum atomic E-state index is 13.3. The Morgan fingerprint density at radius 3 is 2.08 bits per heavy atom. The van der Waals surface area contributed by atoms with Crippen molar-refractivity contribution in [1.82, 2.24) is 5.32 Å². The Balaban J connectivity index is 1.46. The van der Waals surface area contributed by atoms with Crippen LogP contribution in [0.5, 0.6) is 0 Å². The molecule has 4 rings (SSSR count). The molecule has 9 heteroatoms. The van der Waals surface area contributed by atoms with Crippen molar-refractivity contribution in [2.75, 3.05) is 11.9 Å². The molecule has 1 fully saturated rings. The maximum Gasteiger partial charge on any atom is 0.269 e. The molecule has 1 atom stereocenters.